The van der Waals surface area contributed by atoms with Crippen molar-refractivity contribution in [1.82, 2.24) is 25.1 Å². The molecule has 0 atom stereocenters. The third-order valence-electron chi connectivity index (χ3n) is 5.36. The molecule has 0 radical (unpaired) electrons. The normalized spacial score (nSPS) is 14.3. The van der Waals surface area contributed by atoms with Crippen molar-refractivity contribution in [3.05, 3.63) is 46.8 Å². The molecule has 2 aromatic heterocycles. The summed E-state index contributed by atoms with van der Waals surface area (Å²) in [6, 6.07) is 11.6. The number of esters is 1. The molecule has 1 fully saturated rings. The summed E-state index contributed by atoms with van der Waals surface area (Å²) < 4.78 is 6.85. The molecule has 33 heavy (non-hydrogen) atoms. The van der Waals surface area contributed by atoms with E-state index >= 15 is 0 Å². The van der Waals surface area contributed by atoms with Gasteiger partial charge in [0.2, 0.25) is 11.9 Å². The molecule has 0 spiro atoms. The van der Waals surface area contributed by atoms with Gasteiger partial charge in [-0.05, 0) is 42.0 Å². The van der Waals surface area contributed by atoms with E-state index in [1.165, 1.54) is 11.3 Å². The van der Waals surface area contributed by atoms with Gasteiger partial charge in [0, 0.05) is 31.1 Å². The predicted octanol–water partition coefficient (Wildman–Crippen LogP) is 2.22. The molecule has 0 bridgehead atoms. The summed E-state index contributed by atoms with van der Waals surface area (Å²) in [5, 5.41) is 15.6. The summed E-state index contributed by atoms with van der Waals surface area (Å²) in [7, 11) is 0. The number of hydrogen-bond donors (Lipinski definition) is 1. The molecule has 11 heteroatoms. The topological polar surface area (TPSA) is 105 Å². The van der Waals surface area contributed by atoms with Crippen LogP contribution in [0.4, 0.5) is 10.9 Å². The number of hydrogen-bond acceptors (Lipinski definition) is 9. The second-order valence-electron chi connectivity index (χ2n) is 7.57. The van der Waals surface area contributed by atoms with Gasteiger partial charge >= 0.3 is 5.97 Å². The van der Waals surface area contributed by atoms with Crippen molar-refractivity contribution < 1.29 is 14.3 Å². The molecule has 4 rings (SSSR count). The zero-order valence-corrected chi connectivity index (χ0v) is 19.5. The van der Waals surface area contributed by atoms with Crippen LogP contribution in [0, 0.1) is 0 Å². The van der Waals surface area contributed by atoms with Gasteiger partial charge in [0.25, 0.3) is 0 Å². The van der Waals surface area contributed by atoms with Crippen LogP contribution in [0.2, 0.25) is 0 Å². The molecular formula is C22H27N7O3S. The van der Waals surface area contributed by atoms with Crippen LogP contribution in [0.5, 0.6) is 0 Å². The number of aryl methyl sites for hydroxylation is 1. The second kappa shape index (κ2) is 10.5. The van der Waals surface area contributed by atoms with Gasteiger partial charge in [-0.15, -0.1) is 11.3 Å². The Bertz CT molecular complexity index is 1090. The molecule has 1 amide bonds. The highest BCUT2D eigenvalue weighted by atomic mass is 32.1. The third kappa shape index (κ3) is 5.37. The first-order valence-electron chi connectivity index (χ1n) is 11.0. The highest BCUT2D eigenvalue weighted by Crippen LogP contribution is 2.29. The van der Waals surface area contributed by atoms with Crippen LogP contribution < -0.4 is 10.2 Å². The zero-order chi connectivity index (χ0) is 23.2. The quantitative estimate of drug-likeness (QED) is 0.501. The SMILES string of the molecule is CCOC(=O)c1cc(CC)sc1NC(=O)CN1CCN(c2nnnn2-c2ccccc2)CC1. The van der Waals surface area contributed by atoms with E-state index in [0.717, 1.165) is 17.0 Å². The molecule has 10 nitrogen and oxygen atoms in total. The van der Waals surface area contributed by atoms with Crippen molar-refractivity contribution in [2.24, 2.45) is 0 Å². The van der Waals surface area contributed by atoms with E-state index in [1.807, 2.05) is 37.3 Å². The first-order valence-corrected chi connectivity index (χ1v) is 11.8. The Kier molecular flexibility index (Phi) is 7.30. The Morgan fingerprint density at radius 1 is 1.12 bits per heavy atom. The molecule has 3 aromatic rings. The number of benzene rings is 1. The zero-order valence-electron chi connectivity index (χ0n) is 18.7. The number of carbonyl (C=O) groups excluding carboxylic acids is 2. The lowest BCUT2D eigenvalue weighted by atomic mass is 10.2. The van der Waals surface area contributed by atoms with Crippen molar-refractivity contribution in [3.8, 4) is 5.69 Å². The maximum Gasteiger partial charge on any atom is 0.341 e. The molecule has 0 aliphatic carbocycles. The fourth-order valence-corrected chi connectivity index (χ4v) is 4.66. The Hall–Kier alpha value is -3.31. The van der Waals surface area contributed by atoms with Gasteiger partial charge in [0.1, 0.15) is 5.00 Å². The summed E-state index contributed by atoms with van der Waals surface area (Å²) in [6.45, 7) is 7.12. The van der Waals surface area contributed by atoms with E-state index in [4.69, 9.17) is 4.74 Å². The number of tetrazole rings is 1. The van der Waals surface area contributed by atoms with E-state index in [1.54, 1.807) is 17.7 Å². The Balaban J connectivity index is 1.34. The summed E-state index contributed by atoms with van der Waals surface area (Å²) >= 11 is 1.42. The molecule has 3 heterocycles. The van der Waals surface area contributed by atoms with Gasteiger partial charge in [0.15, 0.2) is 0 Å². The number of ether oxygens (including phenoxy) is 1. The summed E-state index contributed by atoms with van der Waals surface area (Å²) in [5.74, 6) is 0.135. The van der Waals surface area contributed by atoms with Crippen molar-refractivity contribution in [1.29, 1.82) is 0 Å². The van der Waals surface area contributed by atoms with Gasteiger partial charge < -0.3 is 15.0 Å². The molecule has 1 aromatic carbocycles. The lowest BCUT2D eigenvalue weighted by Crippen LogP contribution is -2.49. The number of nitrogens with one attached hydrogen (secondary N) is 1. The number of para-hydroxylation sites is 1. The predicted molar refractivity (Wildman–Crippen MR) is 126 cm³/mol. The minimum Gasteiger partial charge on any atom is -0.462 e. The average Bonchev–Trinajstić information content (AvgIpc) is 3.48. The van der Waals surface area contributed by atoms with Crippen LogP contribution in [0.1, 0.15) is 29.1 Å². The number of aromatic nitrogens is 4. The van der Waals surface area contributed by atoms with Crippen LogP contribution >= 0.6 is 11.3 Å². The third-order valence-corrected chi connectivity index (χ3v) is 6.55. The van der Waals surface area contributed by atoms with Crippen molar-refractivity contribution in [2.45, 2.75) is 20.3 Å². The summed E-state index contributed by atoms with van der Waals surface area (Å²) in [5.41, 5.74) is 1.32. The van der Waals surface area contributed by atoms with Gasteiger partial charge in [-0.3, -0.25) is 9.69 Å². The fourth-order valence-electron chi connectivity index (χ4n) is 3.66. The summed E-state index contributed by atoms with van der Waals surface area (Å²) in [6.07, 6.45) is 0.789. The first kappa shape index (κ1) is 22.9. The minimum atomic E-state index is -0.409. The largest absolute Gasteiger partial charge is 0.462 e. The average molecular weight is 470 g/mol. The monoisotopic (exact) mass is 469 g/mol. The van der Waals surface area contributed by atoms with E-state index in [2.05, 4.69) is 30.6 Å². The first-order chi connectivity index (χ1) is 16.1. The van der Waals surface area contributed by atoms with Gasteiger partial charge in [-0.25, -0.2) is 4.79 Å². The summed E-state index contributed by atoms with van der Waals surface area (Å²) in [4.78, 5) is 30.2. The van der Waals surface area contributed by atoms with Gasteiger partial charge in [0.05, 0.1) is 24.4 Å². The maximum atomic E-state index is 12.7. The van der Waals surface area contributed by atoms with E-state index in [0.29, 0.717) is 49.3 Å². The number of anilines is 2. The number of nitrogens with zero attached hydrogens (tertiary/aromatic N) is 6. The smallest absolute Gasteiger partial charge is 0.341 e. The molecule has 1 saturated heterocycles. The minimum absolute atomic E-state index is 0.146. The maximum absolute atomic E-state index is 12.7. The van der Waals surface area contributed by atoms with Crippen molar-refractivity contribution >= 4 is 34.2 Å². The van der Waals surface area contributed by atoms with Crippen molar-refractivity contribution in [3.63, 3.8) is 0 Å². The molecule has 1 aliphatic heterocycles. The lowest BCUT2D eigenvalue weighted by Gasteiger charge is -2.34. The Morgan fingerprint density at radius 3 is 2.58 bits per heavy atom. The fraction of sp³-hybridized carbons (Fsp3) is 0.409. The molecule has 0 saturated carbocycles. The van der Waals surface area contributed by atoms with Crippen LogP contribution in [0.25, 0.3) is 5.69 Å². The lowest BCUT2D eigenvalue weighted by molar-refractivity contribution is -0.117. The van der Waals surface area contributed by atoms with E-state index < -0.39 is 5.97 Å². The Morgan fingerprint density at radius 2 is 1.88 bits per heavy atom. The molecular weight excluding hydrogens is 442 g/mol. The van der Waals surface area contributed by atoms with Gasteiger partial charge in [-0.2, -0.15) is 4.68 Å². The molecule has 1 N–H and O–H groups in total. The van der Waals surface area contributed by atoms with Gasteiger partial charge in [-0.1, -0.05) is 30.2 Å². The van der Waals surface area contributed by atoms with Crippen LogP contribution in [0.15, 0.2) is 36.4 Å². The molecule has 0 unspecified atom stereocenters. The van der Waals surface area contributed by atoms with Crippen molar-refractivity contribution in [2.75, 3.05) is 49.5 Å². The number of amides is 1. The number of piperazine rings is 1. The Labute approximate surface area is 196 Å². The van der Waals surface area contributed by atoms with Crippen LogP contribution in [-0.2, 0) is 16.0 Å². The van der Waals surface area contributed by atoms with Crippen LogP contribution in [-0.4, -0.2) is 76.3 Å². The molecule has 1 aliphatic rings. The highest BCUT2D eigenvalue weighted by Gasteiger charge is 2.24. The van der Waals surface area contributed by atoms with E-state index in [9.17, 15) is 9.59 Å². The standard InChI is InChI=1S/C22H27N7O3S/c1-3-17-14-18(21(31)32-4-2)20(33-17)23-19(30)15-27-10-12-28(13-11-27)22-24-25-26-29(22)16-8-6-5-7-9-16/h5-9,14H,3-4,10-13,15H2,1-2H3,(H,23,30). The number of rotatable bonds is 8. The van der Waals surface area contributed by atoms with Crippen LogP contribution in [0.3, 0.4) is 0 Å². The highest BCUT2D eigenvalue weighted by molar-refractivity contribution is 7.16. The number of thiophene rings is 1. The second-order valence-corrected chi connectivity index (χ2v) is 8.70. The van der Waals surface area contributed by atoms with E-state index in [-0.39, 0.29) is 12.5 Å². The molecule has 174 valence electrons. The number of carbonyl (C=O) groups is 2.